The van der Waals surface area contributed by atoms with Gasteiger partial charge in [-0.2, -0.15) is 4.31 Å². The Morgan fingerprint density at radius 2 is 1.79 bits per heavy atom. The summed E-state index contributed by atoms with van der Waals surface area (Å²) in [6.07, 6.45) is 1.48. The highest BCUT2D eigenvalue weighted by molar-refractivity contribution is 7.89. The van der Waals surface area contributed by atoms with Crippen LogP contribution < -0.4 is 5.73 Å². The molecule has 0 aromatic heterocycles. The van der Waals surface area contributed by atoms with Crippen LogP contribution >= 0.6 is 12.4 Å². The highest BCUT2D eigenvalue weighted by Crippen LogP contribution is 2.23. The number of hydrogen-bond donors (Lipinski definition) is 1. The number of nitrogens with two attached hydrogens (primary N) is 1. The minimum Gasteiger partial charge on any atom is -0.328 e. The van der Waals surface area contributed by atoms with E-state index in [1.54, 1.807) is 10.4 Å². The SMILES string of the molecule is Cc1ccc(C)c(S(=O)(=O)N2CCC(N)CC2)c1.Cl. The quantitative estimate of drug-likeness (QED) is 0.907. The van der Waals surface area contributed by atoms with Crippen molar-refractivity contribution in [3.8, 4) is 0 Å². The van der Waals surface area contributed by atoms with Gasteiger partial charge in [0.15, 0.2) is 0 Å². The summed E-state index contributed by atoms with van der Waals surface area (Å²) in [4.78, 5) is 0.429. The second-order valence-electron chi connectivity index (χ2n) is 5.01. The molecule has 1 aromatic rings. The Bertz CT molecular complexity index is 538. The Hall–Kier alpha value is -0.620. The van der Waals surface area contributed by atoms with Gasteiger partial charge in [0.2, 0.25) is 10.0 Å². The highest BCUT2D eigenvalue weighted by Gasteiger charge is 2.29. The van der Waals surface area contributed by atoms with Crippen molar-refractivity contribution in [3.63, 3.8) is 0 Å². The first kappa shape index (κ1) is 16.4. The van der Waals surface area contributed by atoms with Gasteiger partial charge in [0.1, 0.15) is 0 Å². The van der Waals surface area contributed by atoms with Gasteiger partial charge in [0.05, 0.1) is 4.90 Å². The molecule has 2 rings (SSSR count). The van der Waals surface area contributed by atoms with Crippen molar-refractivity contribution in [2.75, 3.05) is 13.1 Å². The van der Waals surface area contributed by atoms with Crippen LogP contribution in [0.5, 0.6) is 0 Å². The van der Waals surface area contributed by atoms with E-state index in [0.29, 0.717) is 18.0 Å². The molecule has 1 saturated heterocycles. The van der Waals surface area contributed by atoms with Gasteiger partial charge in [-0.05, 0) is 43.9 Å². The first-order chi connectivity index (χ1) is 8.41. The van der Waals surface area contributed by atoms with E-state index in [0.717, 1.165) is 24.0 Å². The number of rotatable bonds is 2. The first-order valence-electron chi connectivity index (χ1n) is 6.24. The van der Waals surface area contributed by atoms with Crippen molar-refractivity contribution in [1.29, 1.82) is 0 Å². The maximum Gasteiger partial charge on any atom is 0.243 e. The summed E-state index contributed by atoms with van der Waals surface area (Å²) in [5.74, 6) is 0. The summed E-state index contributed by atoms with van der Waals surface area (Å²) >= 11 is 0. The normalized spacial score (nSPS) is 18.1. The number of sulfonamides is 1. The molecule has 0 aliphatic carbocycles. The summed E-state index contributed by atoms with van der Waals surface area (Å²) in [7, 11) is -3.36. The maximum absolute atomic E-state index is 12.6. The fourth-order valence-electron chi connectivity index (χ4n) is 2.24. The van der Waals surface area contributed by atoms with Gasteiger partial charge in [-0.15, -0.1) is 12.4 Å². The van der Waals surface area contributed by atoms with Crippen LogP contribution in [0.1, 0.15) is 24.0 Å². The van der Waals surface area contributed by atoms with Crippen molar-refractivity contribution >= 4 is 22.4 Å². The predicted octanol–water partition coefficient (Wildman–Crippen LogP) is 1.84. The van der Waals surface area contributed by atoms with Crippen LogP contribution in [0.4, 0.5) is 0 Å². The summed E-state index contributed by atoms with van der Waals surface area (Å²) in [6.45, 7) is 4.79. The third kappa shape index (κ3) is 3.48. The van der Waals surface area contributed by atoms with Crippen LogP contribution in [0.15, 0.2) is 23.1 Å². The number of benzene rings is 1. The van der Waals surface area contributed by atoms with Crippen molar-refractivity contribution in [2.45, 2.75) is 37.6 Å². The molecule has 0 radical (unpaired) electrons. The second kappa shape index (κ2) is 6.22. The van der Waals surface area contributed by atoms with Gasteiger partial charge in [-0.3, -0.25) is 0 Å². The van der Waals surface area contributed by atoms with Crippen molar-refractivity contribution in [3.05, 3.63) is 29.3 Å². The third-order valence-electron chi connectivity index (χ3n) is 3.46. The van der Waals surface area contributed by atoms with E-state index >= 15 is 0 Å². The van der Waals surface area contributed by atoms with E-state index < -0.39 is 10.0 Å². The molecule has 0 unspecified atom stereocenters. The zero-order chi connectivity index (χ0) is 13.3. The summed E-state index contributed by atoms with van der Waals surface area (Å²) < 4.78 is 26.7. The highest BCUT2D eigenvalue weighted by atomic mass is 35.5. The number of hydrogen-bond acceptors (Lipinski definition) is 3. The first-order valence-corrected chi connectivity index (χ1v) is 7.68. The molecule has 1 heterocycles. The maximum atomic E-state index is 12.6. The van der Waals surface area contributed by atoms with Crippen molar-refractivity contribution in [1.82, 2.24) is 4.31 Å². The second-order valence-corrected chi connectivity index (χ2v) is 6.92. The average molecular weight is 305 g/mol. The Morgan fingerprint density at radius 1 is 1.21 bits per heavy atom. The molecule has 1 aromatic carbocycles. The van der Waals surface area contributed by atoms with Crippen LogP contribution in [0, 0.1) is 13.8 Å². The number of nitrogens with zero attached hydrogens (tertiary/aromatic N) is 1. The van der Waals surface area contributed by atoms with Crippen LogP contribution in [-0.2, 0) is 10.0 Å². The molecule has 1 aliphatic heterocycles. The monoisotopic (exact) mass is 304 g/mol. The zero-order valence-corrected chi connectivity index (χ0v) is 12.9. The lowest BCUT2D eigenvalue weighted by Gasteiger charge is -2.29. The average Bonchev–Trinajstić information content (AvgIpc) is 2.32. The lowest BCUT2D eigenvalue weighted by atomic mass is 10.1. The topological polar surface area (TPSA) is 63.4 Å². The van der Waals surface area contributed by atoms with Gasteiger partial charge < -0.3 is 5.73 Å². The molecule has 19 heavy (non-hydrogen) atoms. The van der Waals surface area contributed by atoms with Gasteiger partial charge in [-0.1, -0.05) is 12.1 Å². The molecule has 0 amide bonds. The lowest BCUT2D eigenvalue weighted by Crippen LogP contribution is -2.42. The molecule has 108 valence electrons. The number of piperidine rings is 1. The van der Waals surface area contributed by atoms with Crippen LogP contribution in [0.25, 0.3) is 0 Å². The van der Waals surface area contributed by atoms with Gasteiger partial charge in [-0.25, -0.2) is 8.42 Å². The van der Waals surface area contributed by atoms with E-state index in [2.05, 4.69) is 0 Å². The van der Waals surface area contributed by atoms with Crippen LogP contribution in [0.2, 0.25) is 0 Å². The van der Waals surface area contributed by atoms with Gasteiger partial charge in [0.25, 0.3) is 0 Å². The van der Waals surface area contributed by atoms with E-state index in [9.17, 15) is 8.42 Å². The van der Waals surface area contributed by atoms with E-state index in [4.69, 9.17) is 5.73 Å². The van der Waals surface area contributed by atoms with E-state index in [1.807, 2.05) is 26.0 Å². The molecule has 0 bridgehead atoms. The molecular weight excluding hydrogens is 284 g/mol. The number of aryl methyl sites for hydroxylation is 2. The standard InChI is InChI=1S/C13H20N2O2S.ClH/c1-10-3-4-11(2)13(9-10)18(16,17)15-7-5-12(14)6-8-15;/h3-4,9,12H,5-8,14H2,1-2H3;1H. The minimum absolute atomic E-state index is 0. The Balaban J connectivity index is 0.00000180. The molecule has 1 fully saturated rings. The van der Waals surface area contributed by atoms with E-state index in [1.165, 1.54) is 0 Å². The molecular formula is C13H21ClN2O2S. The summed E-state index contributed by atoms with van der Waals surface area (Å²) in [5.41, 5.74) is 7.58. The summed E-state index contributed by atoms with van der Waals surface area (Å²) in [6, 6.07) is 5.67. The smallest absolute Gasteiger partial charge is 0.243 e. The summed E-state index contributed by atoms with van der Waals surface area (Å²) in [5, 5.41) is 0. The Labute approximate surface area is 121 Å². The van der Waals surface area contributed by atoms with Gasteiger partial charge >= 0.3 is 0 Å². The Morgan fingerprint density at radius 3 is 2.37 bits per heavy atom. The molecule has 0 saturated carbocycles. The minimum atomic E-state index is -3.36. The molecule has 0 spiro atoms. The molecule has 6 heteroatoms. The molecule has 2 N–H and O–H groups in total. The molecule has 4 nitrogen and oxygen atoms in total. The van der Waals surface area contributed by atoms with Crippen LogP contribution in [-0.4, -0.2) is 31.9 Å². The lowest BCUT2D eigenvalue weighted by molar-refractivity contribution is 0.320. The van der Waals surface area contributed by atoms with Gasteiger partial charge in [0, 0.05) is 19.1 Å². The molecule has 1 aliphatic rings. The Kier molecular flexibility index (Phi) is 5.38. The largest absolute Gasteiger partial charge is 0.328 e. The van der Waals surface area contributed by atoms with Crippen LogP contribution in [0.3, 0.4) is 0 Å². The van der Waals surface area contributed by atoms with Crippen molar-refractivity contribution < 1.29 is 8.42 Å². The zero-order valence-electron chi connectivity index (χ0n) is 11.3. The van der Waals surface area contributed by atoms with Crippen molar-refractivity contribution in [2.24, 2.45) is 5.73 Å². The third-order valence-corrected chi connectivity index (χ3v) is 5.50. The van der Waals surface area contributed by atoms with E-state index in [-0.39, 0.29) is 18.4 Å². The predicted molar refractivity (Wildman–Crippen MR) is 79.1 cm³/mol. The fraction of sp³-hybridized carbons (Fsp3) is 0.538. The fourth-order valence-corrected chi connectivity index (χ4v) is 4.02. The molecule has 0 atom stereocenters. The number of halogens is 1.